The molecule has 1 saturated heterocycles. The summed E-state index contributed by atoms with van der Waals surface area (Å²) >= 11 is 5.75. The van der Waals surface area contributed by atoms with Gasteiger partial charge in [0.2, 0.25) is 0 Å². The van der Waals surface area contributed by atoms with Gasteiger partial charge in [0.1, 0.15) is 5.15 Å². The maximum Gasteiger partial charge on any atom is 0.129 e. The molecule has 0 spiro atoms. The molecular formula is C11H16ClN3. The summed E-state index contributed by atoms with van der Waals surface area (Å²) < 4.78 is 0. The first-order valence-electron chi connectivity index (χ1n) is 5.31. The van der Waals surface area contributed by atoms with E-state index in [9.17, 15) is 0 Å². The van der Waals surface area contributed by atoms with Gasteiger partial charge in [-0.1, -0.05) is 17.7 Å². The molecule has 2 heterocycles. The third kappa shape index (κ3) is 2.91. The maximum absolute atomic E-state index is 5.75. The van der Waals surface area contributed by atoms with Crippen LogP contribution < -0.4 is 5.32 Å². The van der Waals surface area contributed by atoms with Crippen molar-refractivity contribution in [2.45, 2.75) is 19.5 Å². The van der Waals surface area contributed by atoms with Gasteiger partial charge in [-0.3, -0.25) is 4.90 Å². The monoisotopic (exact) mass is 225 g/mol. The van der Waals surface area contributed by atoms with Crippen molar-refractivity contribution in [2.24, 2.45) is 0 Å². The number of nitrogens with one attached hydrogen (secondary N) is 1. The van der Waals surface area contributed by atoms with Crippen molar-refractivity contribution in [3.8, 4) is 0 Å². The average Bonchev–Trinajstić information content (AvgIpc) is 2.25. The molecule has 0 radical (unpaired) electrons. The van der Waals surface area contributed by atoms with Crippen molar-refractivity contribution in [2.75, 3.05) is 19.6 Å². The Morgan fingerprint density at radius 1 is 1.60 bits per heavy atom. The molecule has 15 heavy (non-hydrogen) atoms. The predicted molar refractivity (Wildman–Crippen MR) is 62.0 cm³/mol. The van der Waals surface area contributed by atoms with E-state index in [2.05, 4.69) is 22.1 Å². The van der Waals surface area contributed by atoms with Gasteiger partial charge in [-0.05, 0) is 18.6 Å². The van der Waals surface area contributed by atoms with Crippen LogP contribution in [0.5, 0.6) is 0 Å². The van der Waals surface area contributed by atoms with E-state index in [1.165, 1.54) is 5.56 Å². The molecule has 4 heteroatoms. The SMILES string of the molecule is CC1CNCCN1Cc1ccc(Cl)nc1. The minimum atomic E-state index is 0.562. The molecule has 1 fully saturated rings. The van der Waals surface area contributed by atoms with Crippen molar-refractivity contribution >= 4 is 11.6 Å². The van der Waals surface area contributed by atoms with Crippen molar-refractivity contribution < 1.29 is 0 Å². The van der Waals surface area contributed by atoms with Gasteiger partial charge in [0.15, 0.2) is 0 Å². The fourth-order valence-corrected chi connectivity index (χ4v) is 1.96. The summed E-state index contributed by atoms with van der Waals surface area (Å²) in [6.07, 6.45) is 1.86. The summed E-state index contributed by atoms with van der Waals surface area (Å²) in [7, 11) is 0. The minimum Gasteiger partial charge on any atom is -0.314 e. The fraction of sp³-hybridized carbons (Fsp3) is 0.545. The normalized spacial score (nSPS) is 22.9. The Kier molecular flexibility index (Phi) is 3.57. The van der Waals surface area contributed by atoms with Crippen LogP contribution in [0.1, 0.15) is 12.5 Å². The van der Waals surface area contributed by atoms with Gasteiger partial charge < -0.3 is 5.32 Å². The number of halogens is 1. The summed E-state index contributed by atoms with van der Waals surface area (Å²) in [6.45, 7) is 6.46. The van der Waals surface area contributed by atoms with Crippen molar-refractivity contribution in [1.29, 1.82) is 0 Å². The molecule has 3 nitrogen and oxygen atoms in total. The molecule has 0 aromatic carbocycles. The van der Waals surface area contributed by atoms with Gasteiger partial charge in [0, 0.05) is 38.4 Å². The Morgan fingerprint density at radius 3 is 3.13 bits per heavy atom. The number of hydrogen-bond acceptors (Lipinski definition) is 3. The van der Waals surface area contributed by atoms with Gasteiger partial charge in [-0.2, -0.15) is 0 Å². The third-order valence-electron chi connectivity index (χ3n) is 2.81. The topological polar surface area (TPSA) is 28.2 Å². The second-order valence-electron chi connectivity index (χ2n) is 4.01. The number of rotatable bonds is 2. The fourth-order valence-electron chi connectivity index (χ4n) is 1.85. The van der Waals surface area contributed by atoms with Gasteiger partial charge in [-0.15, -0.1) is 0 Å². The molecule has 1 aliphatic rings. The smallest absolute Gasteiger partial charge is 0.129 e. The zero-order valence-electron chi connectivity index (χ0n) is 8.91. The lowest BCUT2D eigenvalue weighted by Gasteiger charge is -2.33. The minimum absolute atomic E-state index is 0.562. The molecule has 0 aliphatic carbocycles. The van der Waals surface area contributed by atoms with Crippen LogP contribution >= 0.6 is 11.6 Å². The third-order valence-corrected chi connectivity index (χ3v) is 3.04. The largest absolute Gasteiger partial charge is 0.314 e. The summed E-state index contributed by atoms with van der Waals surface area (Å²) in [6, 6.07) is 4.49. The van der Waals surface area contributed by atoms with E-state index >= 15 is 0 Å². The van der Waals surface area contributed by atoms with Gasteiger partial charge in [-0.25, -0.2) is 4.98 Å². The van der Waals surface area contributed by atoms with E-state index in [0.29, 0.717) is 11.2 Å². The molecule has 1 unspecified atom stereocenters. The molecule has 0 bridgehead atoms. The molecule has 1 N–H and O–H groups in total. The quantitative estimate of drug-likeness (QED) is 0.774. The number of hydrogen-bond donors (Lipinski definition) is 1. The van der Waals surface area contributed by atoms with E-state index in [4.69, 9.17) is 11.6 Å². The highest BCUT2D eigenvalue weighted by molar-refractivity contribution is 6.29. The summed E-state index contributed by atoms with van der Waals surface area (Å²) in [4.78, 5) is 6.55. The number of aromatic nitrogens is 1. The number of pyridine rings is 1. The Bertz CT molecular complexity index is 312. The second kappa shape index (κ2) is 4.92. The first kappa shape index (κ1) is 10.9. The Hall–Kier alpha value is -0.640. The molecule has 1 aromatic rings. The van der Waals surface area contributed by atoms with E-state index in [1.54, 1.807) is 0 Å². The van der Waals surface area contributed by atoms with Gasteiger partial charge in [0.25, 0.3) is 0 Å². The Morgan fingerprint density at radius 2 is 2.47 bits per heavy atom. The van der Waals surface area contributed by atoms with Crippen LogP contribution in [0.15, 0.2) is 18.3 Å². The predicted octanol–water partition coefficient (Wildman–Crippen LogP) is 1.53. The first-order chi connectivity index (χ1) is 7.25. The number of piperazine rings is 1. The lowest BCUT2D eigenvalue weighted by molar-refractivity contribution is 0.165. The molecule has 2 rings (SSSR count). The molecule has 1 aromatic heterocycles. The Balaban J connectivity index is 1.98. The highest BCUT2D eigenvalue weighted by atomic mass is 35.5. The average molecular weight is 226 g/mol. The van der Waals surface area contributed by atoms with E-state index < -0.39 is 0 Å². The first-order valence-corrected chi connectivity index (χ1v) is 5.69. The van der Waals surface area contributed by atoms with Gasteiger partial charge in [0.05, 0.1) is 0 Å². The molecular weight excluding hydrogens is 210 g/mol. The maximum atomic E-state index is 5.75. The van der Waals surface area contributed by atoms with Crippen LogP contribution in [0.2, 0.25) is 5.15 Å². The molecule has 0 amide bonds. The van der Waals surface area contributed by atoms with E-state index in [1.807, 2.05) is 18.3 Å². The second-order valence-corrected chi connectivity index (χ2v) is 4.40. The zero-order chi connectivity index (χ0) is 10.7. The molecule has 82 valence electrons. The number of nitrogens with zero attached hydrogens (tertiary/aromatic N) is 2. The Labute approximate surface area is 95.4 Å². The standard InChI is InChI=1S/C11H16ClN3/c1-9-6-13-4-5-15(9)8-10-2-3-11(12)14-7-10/h2-3,7,9,13H,4-6,8H2,1H3. The van der Waals surface area contributed by atoms with E-state index in [-0.39, 0.29) is 0 Å². The zero-order valence-corrected chi connectivity index (χ0v) is 9.67. The van der Waals surface area contributed by atoms with Crippen molar-refractivity contribution in [3.63, 3.8) is 0 Å². The molecule has 1 atom stereocenters. The van der Waals surface area contributed by atoms with Crippen molar-refractivity contribution in [1.82, 2.24) is 15.2 Å². The summed E-state index contributed by atoms with van der Waals surface area (Å²) in [5, 5.41) is 3.94. The molecule has 0 saturated carbocycles. The van der Waals surface area contributed by atoms with Crippen LogP contribution in [0, 0.1) is 0 Å². The summed E-state index contributed by atoms with van der Waals surface area (Å²) in [5.74, 6) is 0. The lowest BCUT2D eigenvalue weighted by Crippen LogP contribution is -2.49. The van der Waals surface area contributed by atoms with Crippen LogP contribution in [0.25, 0.3) is 0 Å². The van der Waals surface area contributed by atoms with Crippen molar-refractivity contribution in [3.05, 3.63) is 29.0 Å². The van der Waals surface area contributed by atoms with Crippen LogP contribution in [-0.2, 0) is 6.54 Å². The van der Waals surface area contributed by atoms with E-state index in [0.717, 1.165) is 26.2 Å². The van der Waals surface area contributed by atoms with Crippen LogP contribution in [-0.4, -0.2) is 35.6 Å². The molecule has 1 aliphatic heterocycles. The van der Waals surface area contributed by atoms with Crippen LogP contribution in [0.4, 0.5) is 0 Å². The van der Waals surface area contributed by atoms with Crippen LogP contribution in [0.3, 0.4) is 0 Å². The highest BCUT2D eigenvalue weighted by Crippen LogP contribution is 2.11. The lowest BCUT2D eigenvalue weighted by atomic mass is 10.2. The highest BCUT2D eigenvalue weighted by Gasteiger charge is 2.17. The summed E-state index contributed by atoms with van der Waals surface area (Å²) in [5.41, 5.74) is 1.23. The van der Waals surface area contributed by atoms with Gasteiger partial charge >= 0.3 is 0 Å².